The third kappa shape index (κ3) is 4.71. The Hall–Kier alpha value is -2.57. The van der Waals surface area contributed by atoms with Crippen LogP contribution >= 0.6 is 28.3 Å². The Balaban J connectivity index is 0.00000289. The van der Waals surface area contributed by atoms with Crippen LogP contribution in [-0.2, 0) is 13.0 Å². The fourth-order valence-electron chi connectivity index (χ4n) is 7.26. The van der Waals surface area contributed by atoms with Crippen LogP contribution in [0.1, 0.15) is 42.4 Å². The fourth-order valence-corrected chi connectivity index (χ4v) is 7.84. The molecule has 9 heteroatoms. The molecule has 5 heterocycles. The molecule has 3 saturated heterocycles. The predicted octanol–water partition coefficient (Wildman–Crippen LogP) is 5.27. The maximum absolute atomic E-state index is 10.5. The molecule has 1 N–H and O–H groups in total. The molecular formula is C31H36BrClN6O. The molecule has 0 radical (unpaired) electrons. The zero-order chi connectivity index (χ0) is 26.5. The van der Waals surface area contributed by atoms with Crippen molar-refractivity contribution in [2.24, 2.45) is 0 Å². The number of halogens is 2. The summed E-state index contributed by atoms with van der Waals surface area (Å²) >= 11 is 3.80. The van der Waals surface area contributed by atoms with E-state index in [2.05, 4.69) is 85.5 Å². The molecule has 7 rings (SSSR count). The van der Waals surface area contributed by atoms with Gasteiger partial charge in [-0.1, -0.05) is 40.2 Å². The molecular weight excluding hydrogens is 588 g/mol. The van der Waals surface area contributed by atoms with E-state index < -0.39 is 0 Å². The molecule has 3 atom stereocenters. The number of nitriles is 1. The summed E-state index contributed by atoms with van der Waals surface area (Å²) in [6.07, 6.45) is 5.56. The number of hydrogen-bond acceptors (Lipinski definition) is 7. The van der Waals surface area contributed by atoms with Gasteiger partial charge in [-0.25, -0.2) is 0 Å². The number of likely N-dealkylation sites (N-methyl/N-ethyl adjacent to an activating group) is 1. The Morgan fingerprint density at radius 3 is 2.58 bits per heavy atom. The van der Waals surface area contributed by atoms with Gasteiger partial charge >= 0.3 is 0 Å². The second-order valence-corrected chi connectivity index (χ2v) is 12.4. The molecule has 2 aromatic carbocycles. The zero-order valence-corrected chi connectivity index (χ0v) is 25.3. The summed E-state index contributed by atoms with van der Waals surface area (Å²) in [5.41, 5.74) is 4.14. The lowest BCUT2D eigenvalue weighted by atomic mass is 9.94. The molecule has 3 aromatic rings. The molecule has 0 spiro atoms. The monoisotopic (exact) mass is 622 g/mol. The number of fused-ring (bicyclic) bond motifs is 4. The standard InChI is InChI=1S/C31H35BrN6O.ClH/c1-36-13-4-7-23(36)19-39-31-25(15-33)26-18-37(28-9-3-6-20-5-2-8-27(32)29(20)28)14-12-24(26)30(35-31)38-21-10-11-22(38)17-34-16-21;/h2-3,5-6,8-9,21-23,34H,4,7,10-14,16-19H2,1H3;1H/t21-,22+,23-;/m0./s1. The van der Waals surface area contributed by atoms with Gasteiger partial charge in [0.2, 0.25) is 5.88 Å². The van der Waals surface area contributed by atoms with Gasteiger partial charge in [0.05, 0.1) is 0 Å². The first-order chi connectivity index (χ1) is 19.1. The Kier molecular flexibility index (Phi) is 7.84. The van der Waals surface area contributed by atoms with Crippen molar-refractivity contribution < 1.29 is 4.74 Å². The highest BCUT2D eigenvalue weighted by molar-refractivity contribution is 9.10. The quantitative estimate of drug-likeness (QED) is 0.416. The van der Waals surface area contributed by atoms with Crippen molar-refractivity contribution in [1.29, 1.82) is 5.26 Å². The lowest BCUT2D eigenvalue weighted by Crippen LogP contribution is -2.53. The molecule has 0 amide bonds. The molecule has 2 bridgehead atoms. The average molecular weight is 624 g/mol. The third-order valence-corrected chi connectivity index (χ3v) is 9.99. The first kappa shape index (κ1) is 27.6. The van der Waals surface area contributed by atoms with Gasteiger partial charge in [0.25, 0.3) is 0 Å². The largest absolute Gasteiger partial charge is 0.475 e. The first-order valence-corrected chi connectivity index (χ1v) is 15.1. The minimum absolute atomic E-state index is 0. The van der Waals surface area contributed by atoms with Gasteiger partial charge in [0, 0.05) is 71.0 Å². The smallest absolute Gasteiger partial charge is 0.234 e. The zero-order valence-electron chi connectivity index (χ0n) is 22.9. The van der Waals surface area contributed by atoms with E-state index in [0.29, 0.717) is 42.7 Å². The summed E-state index contributed by atoms with van der Waals surface area (Å²) in [4.78, 5) is 12.5. The Labute approximate surface area is 251 Å². The average Bonchev–Trinajstić information content (AvgIpc) is 3.48. The maximum atomic E-state index is 10.5. The molecule has 0 unspecified atom stereocenters. The van der Waals surface area contributed by atoms with E-state index in [1.807, 2.05) is 0 Å². The number of hydrogen-bond donors (Lipinski definition) is 1. The minimum atomic E-state index is 0. The van der Waals surface area contributed by atoms with Crippen molar-refractivity contribution in [3.63, 3.8) is 0 Å². The van der Waals surface area contributed by atoms with Crippen LogP contribution in [0.4, 0.5) is 11.5 Å². The number of likely N-dealkylation sites (tertiary alicyclic amines) is 1. The molecule has 7 nitrogen and oxygen atoms in total. The van der Waals surface area contributed by atoms with E-state index in [9.17, 15) is 5.26 Å². The van der Waals surface area contributed by atoms with E-state index >= 15 is 0 Å². The molecule has 0 saturated carbocycles. The number of pyridine rings is 1. The number of nitrogens with zero attached hydrogens (tertiary/aromatic N) is 5. The van der Waals surface area contributed by atoms with Gasteiger partial charge in [0.15, 0.2) is 0 Å². The highest BCUT2D eigenvalue weighted by atomic mass is 79.9. The van der Waals surface area contributed by atoms with Crippen LogP contribution in [0.3, 0.4) is 0 Å². The molecule has 1 aromatic heterocycles. The van der Waals surface area contributed by atoms with Crippen molar-refractivity contribution in [3.05, 3.63) is 57.6 Å². The van der Waals surface area contributed by atoms with E-state index in [1.165, 1.54) is 41.3 Å². The summed E-state index contributed by atoms with van der Waals surface area (Å²) in [6, 6.07) is 16.7. The topological polar surface area (TPSA) is 67.7 Å². The number of benzene rings is 2. The van der Waals surface area contributed by atoms with Gasteiger partial charge in [-0.2, -0.15) is 10.2 Å². The van der Waals surface area contributed by atoms with Crippen molar-refractivity contribution in [3.8, 4) is 11.9 Å². The molecule has 40 heavy (non-hydrogen) atoms. The minimum Gasteiger partial charge on any atom is -0.475 e. The summed E-state index contributed by atoms with van der Waals surface area (Å²) < 4.78 is 7.55. The van der Waals surface area contributed by atoms with Crippen molar-refractivity contribution in [1.82, 2.24) is 15.2 Å². The van der Waals surface area contributed by atoms with Crippen molar-refractivity contribution in [2.75, 3.05) is 49.6 Å². The molecule has 0 aliphatic carbocycles. The van der Waals surface area contributed by atoms with Gasteiger partial charge in [-0.05, 0) is 63.2 Å². The van der Waals surface area contributed by atoms with Crippen LogP contribution in [0.5, 0.6) is 5.88 Å². The van der Waals surface area contributed by atoms with Crippen LogP contribution in [-0.4, -0.2) is 67.8 Å². The van der Waals surface area contributed by atoms with Crippen LogP contribution in [0, 0.1) is 11.3 Å². The van der Waals surface area contributed by atoms with E-state index in [4.69, 9.17) is 9.72 Å². The fraction of sp³-hybridized carbons (Fsp3) is 0.484. The van der Waals surface area contributed by atoms with Gasteiger partial charge in [-0.15, -0.1) is 12.4 Å². The van der Waals surface area contributed by atoms with E-state index in [0.717, 1.165) is 54.9 Å². The highest BCUT2D eigenvalue weighted by Crippen LogP contribution is 2.42. The summed E-state index contributed by atoms with van der Waals surface area (Å²) in [5.74, 6) is 1.58. The molecule has 210 valence electrons. The number of anilines is 2. The highest BCUT2D eigenvalue weighted by Gasteiger charge is 2.40. The molecule has 3 fully saturated rings. The number of nitrogens with one attached hydrogen (secondary N) is 1. The second-order valence-electron chi connectivity index (χ2n) is 11.5. The van der Waals surface area contributed by atoms with Crippen molar-refractivity contribution in [2.45, 2.75) is 56.8 Å². The van der Waals surface area contributed by atoms with Crippen LogP contribution in [0.25, 0.3) is 10.8 Å². The third-order valence-electron chi connectivity index (χ3n) is 9.33. The number of aromatic nitrogens is 1. The Morgan fingerprint density at radius 2 is 1.85 bits per heavy atom. The second kappa shape index (κ2) is 11.4. The van der Waals surface area contributed by atoms with Gasteiger partial charge in [0.1, 0.15) is 24.1 Å². The molecule has 4 aliphatic heterocycles. The van der Waals surface area contributed by atoms with E-state index in [1.54, 1.807) is 0 Å². The Morgan fingerprint density at radius 1 is 1.07 bits per heavy atom. The van der Waals surface area contributed by atoms with Crippen LogP contribution in [0.15, 0.2) is 40.9 Å². The Bertz CT molecular complexity index is 1440. The van der Waals surface area contributed by atoms with E-state index in [-0.39, 0.29) is 12.4 Å². The van der Waals surface area contributed by atoms with Gasteiger partial charge in [-0.3, -0.25) is 0 Å². The molecule has 4 aliphatic rings. The van der Waals surface area contributed by atoms with Gasteiger partial charge < -0.3 is 24.8 Å². The van der Waals surface area contributed by atoms with Crippen LogP contribution < -0.4 is 19.9 Å². The predicted molar refractivity (Wildman–Crippen MR) is 166 cm³/mol. The number of rotatable bonds is 5. The summed E-state index contributed by atoms with van der Waals surface area (Å²) in [6.45, 7) is 5.22. The van der Waals surface area contributed by atoms with Crippen molar-refractivity contribution >= 4 is 50.6 Å². The number of ether oxygens (including phenoxy) is 1. The summed E-state index contributed by atoms with van der Waals surface area (Å²) in [7, 11) is 2.16. The SMILES string of the molecule is CN1CCC[C@H]1COc1nc(N2[C@@H]3CC[C@H]2CNC3)c2c(c1C#N)CN(c1cccc3cccc(Br)c13)CC2.Cl. The lowest BCUT2D eigenvalue weighted by molar-refractivity contribution is 0.192. The normalized spacial score (nSPS) is 24.1. The number of piperazine rings is 1. The lowest BCUT2D eigenvalue weighted by Gasteiger charge is -2.40. The first-order valence-electron chi connectivity index (χ1n) is 14.3. The van der Waals surface area contributed by atoms with Crippen LogP contribution in [0.2, 0.25) is 0 Å². The summed E-state index contributed by atoms with van der Waals surface area (Å²) in [5, 5.41) is 16.5. The maximum Gasteiger partial charge on any atom is 0.234 e.